The third-order valence-electron chi connectivity index (χ3n) is 2.54. The third kappa shape index (κ3) is 3.85. The molecule has 0 aliphatic carbocycles. The molecule has 2 aromatic rings. The SMILES string of the molecule is CC(C)Cn1ncnc1CC(=O)Cc1csc(N)n1. The number of hydrogen-bond donors (Lipinski definition) is 1. The summed E-state index contributed by atoms with van der Waals surface area (Å²) in [5, 5.41) is 6.44. The normalized spacial score (nSPS) is 11.1. The maximum absolute atomic E-state index is 12.0. The topological polar surface area (TPSA) is 86.7 Å². The number of nitrogens with zero attached hydrogens (tertiary/aromatic N) is 4. The molecule has 6 nitrogen and oxygen atoms in total. The van der Waals surface area contributed by atoms with E-state index < -0.39 is 0 Å². The van der Waals surface area contributed by atoms with Crippen molar-refractivity contribution in [2.75, 3.05) is 5.73 Å². The zero-order chi connectivity index (χ0) is 13.8. The van der Waals surface area contributed by atoms with Gasteiger partial charge in [0.15, 0.2) is 5.13 Å². The van der Waals surface area contributed by atoms with E-state index in [1.54, 1.807) is 4.68 Å². The van der Waals surface area contributed by atoms with Crippen LogP contribution in [0.4, 0.5) is 5.13 Å². The number of hydrogen-bond acceptors (Lipinski definition) is 6. The summed E-state index contributed by atoms with van der Waals surface area (Å²) in [4.78, 5) is 20.2. The van der Waals surface area contributed by atoms with Crippen LogP contribution in [-0.4, -0.2) is 25.5 Å². The van der Waals surface area contributed by atoms with E-state index in [4.69, 9.17) is 5.73 Å². The molecule has 0 fully saturated rings. The Hall–Kier alpha value is -1.76. The molecule has 0 saturated carbocycles. The molecular weight excluding hydrogens is 262 g/mol. The highest BCUT2D eigenvalue weighted by atomic mass is 32.1. The van der Waals surface area contributed by atoms with Crippen LogP contribution in [0.3, 0.4) is 0 Å². The molecule has 0 aliphatic heterocycles. The molecule has 0 amide bonds. The minimum Gasteiger partial charge on any atom is -0.375 e. The van der Waals surface area contributed by atoms with E-state index in [-0.39, 0.29) is 12.2 Å². The van der Waals surface area contributed by atoms with Crippen LogP contribution in [0.2, 0.25) is 0 Å². The first kappa shape index (κ1) is 13.7. The van der Waals surface area contributed by atoms with Crippen molar-refractivity contribution in [2.24, 2.45) is 5.92 Å². The summed E-state index contributed by atoms with van der Waals surface area (Å²) >= 11 is 1.35. The standard InChI is InChI=1S/C12H17N5OS/c1-8(2)5-17-11(14-7-15-17)4-10(18)3-9-6-19-12(13)16-9/h6-8H,3-5H2,1-2H3,(H2,13,16). The van der Waals surface area contributed by atoms with Crippen LogP contribution in [0.5, 0.6) is 0 Å². The van der Waals surface area contributed by atoms with Crippen LogP contribution in [0.15, 0.2) is 11.7 Å². The summed E-state index contributed by atoms with van der Waals surface area (Å²) in [6, 6.07) is 0. The average Bonchev–Trinajstić information content (AvgIpc) is 2.88. The Kier molecular flexibility index (Phi) is 4.26. The quantitative estimate of drug-likeness (QED) is 0.862. The number of thiazole rings is 1. The van der Waals surface area contributed by atoms with Crippen molar-refractivity contribution in [1.29, 1.82) is 0 Å². The Morgan fingerprint density at radius 1 is 1.47 bits per heavy atom. The van der Waals surface area contributed by atoms with Crippen molar-refractivity contribution < 1.29 is 4.79 Å². The maximum Gasteiger partial charge on any atom is 0.180 e. The van der Waals surface area contributed by atoms with Crippen LogP contribution < -0.4 is 5.73 Å². The van der Waals surface area contributed by atoms with E-state index in [2.05, 4.69) is 28.9 Å². The number of anilines is 1. The fourth-order valence-corrected chi connectivity index (χ4v) is 2.33. The second kappa shape index (κ2) is 5.92. The highest BCUT2D eigenvalue weighted by molar-refractivity contribution is 7.13. The van der Waals surface area contributed by atoms with Crippen molar-refractivity contribution >= 4 is 22.3 Å². The summed E-state index contributed by atoms with van der Waals surface area (Å²) in [6.07, 6.45) is 2.07. The Labute approximate surface area is 115 Å². The molecule has 2 N–H and O–H groups in total. The Balaban J connectivity index is 1.97. The number of ketones is 1. The van der Waals surface area contributed by atoms with Crippen LogP contribution >= 0.6 is 11.3 Å². The number of nitrogens with two attached hydrogens (primary N) is 1. The van der Waals surface area contributed by atoms with Crippen LogP contribution in [-0.2, 0) is 24.2 Å². The summed E-state index contributed by atoms with van der Waals surface area (Å²) in [5.74, 6) is 1.25. The predicted molar refractivity (Wildman–Crippen MR) is 73.8 cm³/mol. The van der Waals surface area contributed by atoms with Crippen molar-refractivity contribution in [3.63, 3.8) is 0 Å². The highest BCUT2D eigenvalue weighted by Crippen LogP contribution is 2.12. The lowest BCUT2D eigenvalue weighted by Crippen LogP contribution is -2.15. The molecule has 2 aromatic heterocycles. The number of rotatable bonds is 6. The van der Waals surface area contributed by atoms with Gasteiger partial charge in [0, 0.05) is 11.9 Å². The molecule has 0 saturated heterocycles. The van der Waals surface area contributed by atoms with Gasteiger partial charge in [-0.25, -0.2) is 14.6 Å². The molecule has 19 heavy (non-hydrogen) atoms. The van der Waals surface area contributed by atoms with Crippen LogP contribution in [0.25, 0.3) is 0 Å². The first-order valence-electron chi connectivity index (χ1n) is 6.13. The van der Waals surface area contributed by atoms with Gasteiger partial charge < -0.3 is 5.73 Å². The van der Waals surface area contributed by atoms with E-state index in [9.17, 15) is 4.79 Å². The molecule has 0 aromatic carbocycles. The maximum atomic E-state index is 12.0. The molecule has 0 bridgehead atoms. The lowest BCUT2D eigenvalue weighted by molar-refractivity contribution is -0.118. The van der Waals surface area contributed by atoms with Crippen molar-refractivity contribution in [2.45, 2.75) is 33.2 Å². The molecule has 0 atom stereocenters. The Bertz CT molecular complexity index is 560. The fourth-order valence-electron chi connectivity index (χ4n) is 1.77. The van der Waals surface area contributed by atoms with Gasteiger partial charge in [0.05, 0.1) is 18.5 Å². The lowest BCUT2D eigenvalue weighted by Gasteiger charge is -2.07. The largest absolute Gasteiger partial charge is 0.375 e. The third-order valence-corrected chi connectivity index (χ3v) is 3.26. The van der Waals surface area contributed by atoms with E-state index in [1.807, 2.05) is 5.38 Å². The van der Waals surface area contributed by atoms with Gasteiger partial charge in [0.25, 0.3) is 0 Å². The van der Waals surface area contributed by atoms with E-state index in [0.29, 0.717) is 23.3 Å². The monoisotopic (exact) mass is 279 g/mol. The summed E-state index contributed by atoms with van der Waals surface area (Å²) in [7, 11) is 0. The number of carbonyl (C=O) groups excluding carboxylic acids is 1. The summed E-state index contributed by atoms with van der Waals surface area (Å²) in [5.41, 5.74) is 6.26. The predicted octanol–water partition coefficient (Wildman–Crippen LogP) is 1.33. The second-order valence-electron chi connectivity index (χ2n) is 4.82. The molecule has 0 aliphatic rings. The lowest BCUT2D eigenvalue weighted by atomic mass is 10.1. The van der Waals surface area contributed by atoms with Crippen LogP contribution in [0, 0.1) is 5.92 Å². The van der Waals surface area contributed by atoms with E-state index in [1.165, 1.54) is 17.7 Å². The first-order chi connectivity index (χ1) is 9.04. The van der Waals surface area contributed by atoms with Gasteiger partial charge in [-0.15, -0.1) is 11.3 Å². The molecule has 7 heteroatoms. The van der Waals surface area contributed by atoms with Crippen molar-refractivity contribution in [3.05, 3.63) is 23.2 Å². The highest BCUT2D eigenvalue weighted by Gasteiger charge is 2.13. The molecular formula is C12H17N5OS. The van der Waals surface area contributed by atoms with Gasteiger partial charge in [0.2, 0.25) is 0 Å². The minimum absolute atomic E-state index is 0.0725. The van der Waals surface area contributed by atoms with E-state index in [0.717, 1.165) is 12.2 Å². The van der Waals surface area contributed by atoms with Crippen LogP contribution in [0.1, 0.15) is 25.4 Å². The van der Waals surface area contributed by atoms with Gasteiger partial charge in [-0.1, -0.05) is 13.8 Å². The Morgan fingerprint density at radius 3 is 2.89 bits per heavy atom. The number of carbonyl (C=O) groups is 1. The zero-order valence-corrected chi connectivity index (χ0v) is 11.9. The smallest absolute Gasteiger partial charge is 0.180 e. The van der Waals surface area contributed by atoms with Gasteiger partial charge in [-0.05, 0) is 5.92 Å². The van der Waals surface area contributed by atoms with E-state index >= 15 is 0 Å². The number of Topliss-reactive ketones (excluding diaryl/α,β-unsaturated/α-hetero) is 1. The summed E-state index contributed by atoms with van der Waals surface area (Å²) < 4.78 is 1.79. The van der Waals surface area contributed by atoms with Gasteiger partial charge >= 0.3 is 0 Å². The zero-order valence-electron chi connectivity index (χ0n) is 11.0. The average molecular weight is 279 g/mol. The number of aromatic nitrogens is 4. The van der Waals surface area contributed by atoms with Gasteiger partial charge in [0.1, 0.15) is 17.9 Å². The Morgan fingerprint density at radius 2 is 2.26 bits per heavy atom. The van der Waals surface area contributed by atoms with Crippen molar-refractivity contribution in [1.82, 2.24) is 19.7 Å². The fraction of sp³-hybridized carbons (Fsp3) is 0.500. The molecule has 0 spiro atoms. The molecule has 2 rings (SSSR count). The van der Waals surface area contributed by atoms with Gasteiger partial charge in [-0.3, -0.25) is 4.79 Å². The first-order valence-corrected chi connectivity index (χ1v) is 7.01. The second-order valence-corrected chi connectivity index (χ2v) is 5.71. The molecule has 0 unspecified atom stereocenters. The summed E-state index contributed by atoms with van der Waals surface area (Å²) in [6.45, 7) is 4.98. The molecule has 0 radical (unpaired) electrons. The minimum atomic E-state index is 0.0725. The van der Waals surface area contributed by atoms with Gasteiger partial charge in [-0.2, -0.15) is 5.10 Å². The van der Waals surface area contributed by atoms with Crippen molar-refractivity contribution in [3.8, 4) is 0 Å². The molecule has 102 valence electrons. The molecule has 2 heterocycles. The number of nitrogen functional groups attached to an aromatic ring is 1.